The van der Waals surface area contributed by atoms with Crippen molar-refractivity contribution >= 4 is 17.9 Å². The number of carboxylic acid groups (broad SMARTS) is 1. The summed E-state index contributed by atoms with van der Waals surface area (Å²) in [5.41, 5.74) is 1.93. The number of nitrogens with zero attached hydrogens (tertiary/aromatic N) is 1. The fourth-order valence-corrected chi connectivity index (χ4v) is 1.04. The molecule has 0 aliphatic carbocycles. The predicted octanol–water partition coefficient (Wildman–Crippen LogP) is -1.86. The van der Waals surface area contributed by atoms with E-state index in [4.69, 9.17) is 5.11 Å². The molecule has 0 unspecified atom stereocenters. The minimum atomic E-state index is -1.19. The van der Waals surface area contributed by atoms with Crippen LogP contribution in [0.15, 0.2) is 0 Å². The number of piperazine rings is 1. The minimum Gasteiger partial charge on any atom is -0.479 e. The molecule has 0 spiro atoms. The van der Waals surface area contributed by atoms with Gasteiger partial charge in [-0.15, -0.1) is 0 Å². The number of rotatable bonds is 3. The second-order valence-corrected chi connectivity index (χ2v) is 2.86. The Kier molecular flexibility index (Phi) is 3.86. The van der Waals surface area contributed by atoms with E-state index in [0.717, 1.165) is 0 Å². The van der Waals surface area contributed by atoms with Crippen molar-refractivity contribution in [1.29, 1.82) is 0 Å². The Morgan fingerprint density at radius 2 is 2.33 bits per heavy atom. The first kappa shape index (κ1) is 11.2. The third kappa shape index (κ3) is 3.81. The lowest BCUT2D eigenvalue weighted by Crippen LogP contribution is -2.53. The van der Waals surface area contributed by atoms with Gasteiger partial charge < -0.3 is 15.3 Å². The van der Waals surface area contributed by atoms with Crippen molar-refractivity contribution < 1.29 is 24.3 Å². The molecule has 1 saturated heterocycles. The highest BCUT2D eigenvalue weighted by Gasteiger charge is 2.20. The third-order valence-electron chi connectivity index (χ3n) is 1.68. The van der Waals surface area contributed by atoms with Crippen molar-refractivity contribution in [3.8, 4) is 0 Å². The molecule has 0 aromatic rings. The lowest BCUT2D eigenvalue weighted by atomic mass is 10.4. The summed E-state index contributed by atoms with van der Waals surface area (Å²) in [4.78, 5) is 37.8. The zero-order valence-electron chi connectivity index (χ0n) is 7.86. The summed E-state index contributed by atoms with van der Waals surface area (Å²) in [6, 6.07) is -0.619. The first-order valence-corrected chi connectivity index (χ1v) is 4.25. The molecule has 0 atom stereocenters. The van der Waals surface area contributed by atoms with Crippen LogP contribution in [0.3, 0.4) is 0 Å². The molecule has 3 amide bonds. The molecule has 1 rings (SSSR count). The molecule has 3 N–H and O–H groups in total. The highest BCUT2D eigenvalue weighted by molar-refractivity contribution is 5.84. The lowest BCUT2D eigenvalue weighted by molar-refractivity contribution is -0.144. The summed E-state index contributed by atoms with van der Waals surface area (Å²) < 4.78 is 0. The maximum absolute atomic E-state index is 11.2. The number of urea groups is 1. The van der Waals surface area contributed by atoms with Gasteiger partial charge in [-0.1, -0.05) is 0 Å². The molecule has 0 radical (unpaired) electrons. The van der Waals surface area contributed by atoms with Crippen LogP contribution in [0.5, 0.6) is 0 Å². The second kappa shape index (κ2) is 5.15. The van der Waals surface area contributed by atoms with E-state index in [0.29, 0.717) is 13.1 Å². The fourth-order valence-electron chi connectivity index (χ4n) is 1.04. The van der Waals surface area contributed by atoms with E-state index >= 15 is 0 Å². The molecule has 84 valence electrons. The van der Waals surface area contributed by atoms with Crippen molar-refractivity contribution in [2.45, 2.75) is 0 Å². The van der Waals surface area contributed by atoms with Gasteiger partial charge in [0, 0.05) is 13.1 Å². The van der Waals surface area contributed by atoms with Gasteiger partial charge in [0.05, 0.1) is 0 Å². The van der Waals surface area contributed by atoms with E-state index in [9.17, 15) is 14.4 Å². The second-order valence-electron chi connectivity index (χ2n) is 2.86. The van der Waals surface area contributed by atoms with Crippen LogP contribution in [0.1, 0.15) is 0 Å². The number of nitrogens with one attached hydrogen (secondary N) is 2. The van der Waals surface area contributed by atoms with Crippen LogP contribution in [0.2, 0.25) is 0 Å². The first-order chi connectivity index (χ1) is 7.09. The van der Waals surface area contributed by atoms with Crippen molar-refractivity contribution in [2.24, 2.45) is 0 Å². The first-order valence-electron chi connectivity index (χ1n) is 4.25. The SMILES string of the molecule is O=C(O)CONC(=O)N1CCNC(=O)C1. The molecular formula is C7H11N3O5. The maximum Gasteiger partial charge on any atom is 0.341 e. The Morgan fingerprint density at radius 1 is 1.60 bits per heavy atom. The molecule has 15 heavy (non-hydrogen) atoms. The van der Waals surface area contributed by atoms with Crippen molar-refractivity contribution in [3.05, 3.63) is 0 Å². The number of carbonyl (C=O) groups excluding carboxylic acids is 2. The quantitative estimate of drug-likeness (QED) is 0.481. The number of hydrogen-bond donors (Lipinski definition) is 3. The number of hydroxylamine groups is 1. The molecule has 8 heteroatoms. The molecule has 1 aliphatic rings. The van der Waals surface area contributed by atoms with Gasteiger partial charge in [0.25, 0.3) is 0 Å². The maximum atomic E-state index is 11.2. The van der Waals surface area contributed by atoms with E-state index in [1.165, 1.54) is 4.90 Å². The van der Waals surface area contributed by atoms with Gasteiger partial charge in [0.15, 0.2) is 6.61 Å². The van der Waals surface area contributed by atoms with Gasteiger partial charge in [-0.25, -0.2) is 15.1 Å². The Hall–Kier alpha value is -1.83. The number of aliphatic carboxylic acids is 1. The van der Waals surface area contributed by atoms with Crippen molar-refractivity contribution in [2.75, 3.05) is 26.2 Å². The average Bonchev–Trinajstić information content (AvgIpc) is 2.17. The molecule has 8 nitrogen and oxygen atoms in total. The van der Waals surface area contributed by atoms with Gasteiger partial charge in [0.2, 0.25) is 5.91 Å². The third-order valence-corrected chi connectivity index (χ3v) is 1.68. The van der Waals surface area contributed by atoms with E-state index in [-0.39, 0.29) is 12.5 Å². The fraction of sp³-hybridized carbons (Fsp3) is 0.571. The molecule has 1 heterocycles. The molecule has 1 aliphatic heterocycles. The Labute approximate surface area is 85.1 Å². The standard InChI is InChI=1S/C7H11N3O5/c11-5-3-10(2-1-8-5)7(14)9-15-4-6(12)13/h1-4H2,(H,8,11)(H,9,14)(H,12,13). The zero-order valence-corrected chi connectivity index (χ0v) is 7.86. The smallest absolute Gasteiger partial charge is 0.341 e. The monoisotopic (exact) mass is 217 g/mol. The highest BCUT2D eigenvalue weighted by atomic mass is 16.7. The van der Waals surface area contributed by atoms with Gasteiger partial charge in [-0.2, -0.15) is 0 Å². The van der Waals surface area contributed by atoms with Gasteiger partial charge in [0.1, 0.15) is 6.54 Å². The minimum absolute atomic E-state index is 0.0533. The summed E-state index contributed by atoms with van der Waals surface area (Å²) in [7, 11) is 0. The summed E-state index contributed by atoms with van der Waals surface area (Å²) in [6.45, 7) is 0.0766. The summed E-state index contributed by atoms with van der Waals surface area (Å²) in [5, 5.41) is 10.8. The predicted molar refractivity (Wildman–Crippen MR) is 46.7 cm³/mol. The molecule has 0 aromatic heterocycles. The van der Waals surface area contributed by atoms with Crippen LogP contribution in [0.25, 0.3) is 0 Å². The topological polar surface area (TPSA) is 108 Å². The van der Waals surface area contributed by atoms with Gasteiger partial charge in [-0.05, 0) is 0 Å². The number of carboxylic acids is 1. The van der Waals surface area contributed by atoms with E-state index in [1.54, 1.807) is 0 Å². The van der Waals surface area contributed by atoms with E-state index in [2.05, 4.69) is 10.2 Å². The summed E-state index contributed by atoms with van der Waals surface area (Å²) in [5.74, 6) is -1.44. The number of hydrogen-bond acceptors (Lipinski definition) is 4. The van der Waals surface area contributed by atoms with E-state index in [1.807, 2.05) is 5.48 Å². The largest absolute Gasteiger partial charge is 0.479 e. The molecule has 0 bridgehead atoms. The van der Waals surface area contributed by atoms with Gasteiger partial charge in [-0.3, -0.25) is 9.63 Å². The molecular weight excluding hydrogens is 206 g/mol. The Balaban J connectivity index is 2.27. The highest BCUT2D eigenvalue weighted by Crippen LogP contribution is 1.93. The van der Waals surface area contributed by atoms with Crippen LogP contribution in [-0.4, -0.2) is 54.2 Å². The average molecular weight is 217 g/mol. The Bertz CT molecular complexity index is 280. The van der Waals surface area contributed by atoms with Crippen molar-refractivity contribution in [1.82, 2.24) is 15.7 Å². The summed E-state index contributed by atoms with van der Waals surface area (Å²) in [6.07, 6.45) is 0. The lowest BCUT2D eigenvalue weighted by Gasteiger charge is -2.26. The summed E-state index contributed by atoms with van der Waals surface area (Å²) >= 11 is 0. The van der Waals surface area contributed by atoms with Crippen LogP contribution < -0.4 is 10.8 Å². The number of carbonyl (C=O) groups is 3. The van der Waals surface area contributed by atoms with Crippen LogP contribution in [0, 0.1) is 0 Å². The molecule has 1 fully saturated rings. The van der Waals surface area contributed by atoms with E-state index < -0.39 is 18.6 Å². The number of amides is 3. The van der Waals surface area contributed by atoms with Crippen LogP contribution >= 0.6 is 0 Å². The molecule has 0 saturated carbocycles. The normalized spacial score (nSPS) is 15.7. The van der Waals surface area contributed by atoms with Crippen molar-refractivity contribution in [3.63, 3.8) is 0 Å². The Morgan fingerprint density at radius 3 is 2.93 bits per heavy atom. The zero-order chi connectivity index (χ0) is 11.3. The van der Waals surface area contributed by atoms with Crippen LogP contribution in [0.4, 0.5) is 4.79 Å². The van der Waals surface area contributed by atoms with Gasteiger partial charge >= 0.3 is 12.0 Å². The molecule has 0 aromatic carbocycles. The van der Waals surface area contributed by atoms with Crippen LogP contribution in [-0.2, 0) is 14.4 Å².